The van der Waals surface area contributed by atoms with Crippen LogP contribution in [0.3, 0.4) is 0 Å². The fraction of sp³-hybridized carbons (Fsp3) is 0.286. The zero-order chi connectivity index (χ0) is 20.2. The molecular weight excluding hydrogens is 374 g/mol. The van der Waals surface area contributed by atoms with Gasteiger partial charge in [-0.15, -0.1) is 0 Å². The van der Waals surface area contributed by atoms with Gasteiger partial charge in [0.05, 0.1) is 0 Å². The molecule has 2 N–H and O–H groups in total. The maximum atomic E-state index is 12.5. The van der Waals surface area contributed by atoms with E-state index in [-0.39, 0.29) is 31.4 Å². The average Bonchev–Trinajstić information content (AvgIpc) is 3.29. The van der Waals surface area contributed by atoms with Gasteiger partial charge in [-0.05, 0) is 30.5 Å². The summed E-state index contributed by atoms with van der Waals surface area (Å²) in [6.45, 7) is 0.478. The summed E-state index contributed by atoms with van der Waals surface area (Å²) in [7, 11) is 0. The van der Waals surface area contributed by atoms with Crippen molar-refractivity contribution in [2.75, 3.05) is 18.7 Å². The molecule has 1 unspecified atom stereocenters. The smallest absolute Gasteiger partial charge is 0.324 e. The Morgan fingerprint density at radius 1 is 1.10 bits per heavy atom. The number of hydrogen-bond acceptors (Lipinski definition) is 5. The van der Waals surface area contributed by atoms with Crippen molar-refractivity contribution in [2.45, 2.75) is 25.3 Å². The van der Waals surface area contributed by atoms with Gasteiger partial charge in [-0.25, -0.2) is 4.79 Å². The number of ether oxygens (including phenoxy) is 2. The highest BCUT2D eigenvalue weighted by atomic mass is 16.7. The Morgan fingerprint density at radius 2 is 1.90 bits per heavy atom. The number of fused-ring (bicyclic) bond motifs is 1. The summed E-state index contributed by atoms with van der Waals surface area (Å²) < 4.78 is 10.5. The number of amides is 4. The Balaban J connectivity index is 1.26. The molecule has 4 rings (SSSR count). The van der Waals surface area contributed by atoms with E-state index in [9.17, 15) is 14.4 Å². The Bertz CT molecular complexity index is 931. The fourth-order valence-electron chi connectivity index (χ4n) is 3.34. The molecule has 0 bridgehead atoms. The number of anilines is 1. The second-order valence-electron chi connectivity index (χ2n) is 6.88. The molecule has 150 valence electrons. The largest absolute Gasteiger partial charge is 0.454 e. The van der Waals surface area contributed by atoms with Crippen LogP contribution >= 0.6 is 0 Å². The number of nitrogens with one attached hydrogen (secondary N) is 2. The number of benzene rings is 2. The van der Waals surface area contributed by atoms with Gasteiger partial charge >= 0.3 is 6.03 Å². The third-order valence-corrected chi connectivity index (χ3v) is 4.89. The maximum absolute atomic E-state index is 12.5. The number of nitrogens with zero attached hydrogens (tertiary/aromatic N) is 1. The van der Waals surface area contributed by atoms with E-state index in [2.05, 4.69) is 10.6 Å². The number of carbonyl (C=O) groups is 3. The lowest BCUT2D eigenvalue weighted by Crippen LogP contribution is -2.33. The molecule has 0 spiro atoms. The molecule has 2 aromatic rings. The Labute approximate surface area is 167 Å². The van der Waals surface area contributed by atoms with Crippen LogP contribution in [0.1, 0.15) is 18.4 Å². The van der Waals surface area contributed by atoms with Gasteiger partial charge in [0.2, 0.25) is 12.7 Å². The van der Waals surface area contributed by atoms with Gasteiger partial charge in [0.25, 0.3) is 5.91 Å². The van der Waals surface area contributed by atoms with Crippen LogP contribution in [0.15, 0.2) is 48.5 Å². The van der Waals surface area contributed by atoms with E-state index in [1.807, 2.05) is 30.3 Å². The van der Waals surface area contributed by atoms with Crippen molar-refractivity contribution < 1.29 is 23.9 Å². The molecule has 8 heteroatoms. The van der Waals surface area contributed by atoms with Crippen molar-refractivity contribution in [3.63, 3.8) is 0 Å². The highest BCUT2D eigenvalue weighted by Gasteiger charge is 2.37. The zero-order valence-corrected chi connectivity index (χ0v) is 15.7. The van der Waals surface area contributed by atoms with Crippen LogP contribution in [0.4, 0.5) is 10.5 Å². The number of imide groups is 1. The standard InChI is InChI=1S/C21H21N3O5/c25-19(22-15-6-8-17-18(12-15)29-13-28-17)9-7-16-20(26)24(21(27)23-16)11-10-14-4-2-1-3-5-14/h1-6,8,12,16H,7,9-11,13H2,(H,22,25)(H,23,27). The molecule has 2 aromatic carbocycles. The van der Waals surface area contributed by atoms with E-state index in [1.54, 1.807) is 18.2 Å². The number of rotatable bonds is 7. The molecule has 2 heterocycles. The van der Waals surface area contributed by atoms with Crippen LogP contribution in [-0.2, 0) is 16.0 Å². The third-order valence-electron chi connectivity index (χ3n) is 4.89. The van der Waals surface area contributed by atoms with Gasteiger partial charge < -0.3 is 20.1 Å². The van der Waals surface area contributed by atoms with Gasteiger partial charge in [-0.2, -0.15) is 0 Å². The number of urea groups is 1. The summed E-state index contributed by atoms with van der Waals surface area (Å²) >= 11 is 0. The van der Waals surface area contributed by atoms with Crippen LogP contribution in [-0.4, -0.2) is 42.1 Å². The molecule has 0 radical (unpaired) electrons. The Hall–Kier alpha value is -3.55. The summed E-state index contributed by atoms with van der Waals surface area (Å²) in [4.78, 5) is 38.1. The third kappa shape index (κ3) is 4.31. The predicted molar refractivity (Wildman–Crippen MR) is 105 cm³/mol. The summed E-state index contributed by atoms with van der Waals surface area (Å²) in [6, 6.07) is 13.7. The van der Waals surface area contributed by atoms with Crippen molar-refractivity contribution in [3.8, 4) is 11.5 Å². The van der Waals surface area contributed by atoms with E-state index in [0.29, 0.717) is 30.2 Å². The normalized spacial score (nSPS) is 17.4. The molecule has 29 heavy (non-hydrogen) atoms. The van der Waals surface area contributed by atoms with Gasteiger partial charge in [0.1, 0.15) is 6.04 Å². The lowest BCUT2D eigenvalue weighted by atomic mass is 10.1. The first-order valence-corrected chi connectivity index (χ1v) is 9.45. The van der Waals surface area contributed by atoms with Gasteiger partial charge in [-0.3, -0.25) is 14.5 Å². The quantitative estimate of drug-likeness (QED) is 0.701. The zero-order valence-electron chi connectivity index (χ0n) is 15.7. The van der Waals surface area contributed by atoms with Gasteiger partial charge in [-0.1, -0.05) is 30.3 Å². The first-order chi connectivity index (χ1) is 14.1. The molecule has 0 aromatic heterocycles. The highest BCUT2D eigenvalue weighted by Crippen LogP contribution is 2.34. The van der Waals surface area contributed by atoms with Crippen molar-refractivity contribution in [3.05, 3.63) is 54.1 Å². The molecule has 4 amide bonds. The molecule has 0 aliphatic carbocycles. The minimum absolute atomic E-state index is 0.109. The first-order valence-electron chi connectivity index (χ1n) is 9.45. The molecule has 8 nitrogen and oxygen atoms in total. The van der Waals surface area contributed by atoms with Crippen molar-refractivity contribution in [2.24, 2.45) is 0 Å². The topological polar surface area (TPSA) is 97.0 Å². The lowest BCUT2D eigenvalue weighted by molar-refractivity contribution is -0.127. The molecule has 2 aliphatic rings. The lowest BCUT2D eigenvalue weighted by Gasteiger charge is -2.13. The highest BCUT2D eigenvalue weighted by molar-refractivity contribution is 6.04. The van der Waals surface area contributed by atoms with E-state index in [0.717, 1.165) is 5.56 Å². The molecule has 1 saturated heterocycles. The SMILES string of the molecule is O=C(CCC1NC(=O)N(CCc2ccccc2)C1=O)Nc1ccc2c(c1)OCO2. The van der Waals surface area contributed by atoms with Gasteiger partial charge in [0, 0.05) is 24.7 Å². The summed E-state index contributed by atoms with van der Waals surface area (Å²) in [5, 5.41) is 5.43. The molecule has 1 fully saturated rings. The van der Waals surface area contributed by atoms with Crippen LogP contribution in [0.2, 0.25) is 0 Å². The summed E-state index contributed by atoms with van der Waals surface area (Å²) in [5.41, 5.74) is 1.64. The van der Waals surface area contributed by atoms with Gasteiger partial charge in [0.15, 0.2) is 11.5 Å². The van der Waals surface area contributed by atoms with Crippen molar-refractivity contribution >= 4 is 23.5 Å². The molecule has 2 aliphatic heterocycles. The number of hydrogen-bond donors (Lipinski definition) is 2. The summed E-state index contributed by atoms with van der Waals surface area (Å²) in [6.07, 6.45) is 0.942. The first kappa shape index (κ1) is 18.8. The minimum atomic E-state index is -0.680. The van der Waals surface area contributed by atoms with Crippen molar-refractivity contribution in [1.29, 1.82) is 0 Å². The second-order valence-corrected chi connectivity index (χ2v) is 6.88. The minimum Gasteiger partial charge on any atom is -0.454 e. The van der Waals surface area contributed by atoms with E-state index < -0.39 is 12.1 Å². The van der Waals surface area contributed by atoms with E-state index in [4.69, 9.17) is 9.47 Å². The van der Waals surface area contributed by atoms with Crippen LogP contribution in [0.25, 0.3) is 0 Å². The predicted octanol–water partition coefficient (Wildman–Crippen LogP) is 2.30. The number of carbonyl (C=O) groups excluding carboxylic acids is 3. The van der Waals surface area contributed by atoms with Crippen LogP contribution in [0, 0.1) is 0 Å². The Morgan fingerprint density at radius 3 is 2.72 bits per heavy atom. The average molecular weight is 395 g/mol. The Kier molecular flexibility index (Phi) is 5.33. The van der Waals surface area contributed by atoms with Crippen molar-refractivity contribution in [1.82, 2.24) is 10.2 Å². The van der Waals surface area contributed by atoms with E-state index in [1.165, 1.54) is 4.90 Å². The monoisotopic (exact) mass is 395 g/mol. The van der Waals surface area contributed by atoms with E-state index >= 15 is 0 Å². The summed E-state index contributed by atoms with van der Waals surface area (Å²) in [5.74, 6) is 0.684. The molecule has 0 saturated carbocycles. The second kappa shape index (κ2) is 8.22. The fourth-order valence-corrected chi connectivity index (χ4v) is 3.34. The van der Waals surface area contributed by atoms with Crippen LogP contribution < -0.4 is 20.1 Å². The maximum Gasteiger partial charge on any atom is 0.324 e. The molecular formula is C21H21N3O5. The molecule has 1 atom stereocenters. The van der Waals surface area contributed by atoms with Crippen LogP contribution in [0.5, 0.6) is 11.5 Å².